The largest absolute Gasteiger partial charge is 0.525 e. The number of hydrogen-bond donors (Lipinski definition) is 0. The minimum Gasteiger partial charge on any atom is -0.438 e. The quantitative estimate of drug-likeness (QED) is 0.414. The van der Waals surface area contributed by atoms with E-state index in [0.29, 0.717) is 6.20 Å². The number of rotatable bonds is 2. The van der Waals surface area contributed by atoms with Gasteiger partial charge in [0.1, 0.15) is 5.92 Å². The van der Waals surface area contributed by atoms with E-state index >= 15 is 0 Å². The minimum atomic E-state index is -6.23. The van der Waals surface area contributed by atoms with Crippen LogP contribution in [-0.2, 0) is 23.9 Å². The summed E-state index contributed by atoms with van der Waals surface area (Å²) < 4.78 is 107. The molecule has 6 nitrogen and oxygen atoms in total. The molecule has 2 rings (SSSR count). The summed E-state index contributed by atoms with van der Waals surface area (Å²) in [5.74, 6) is -5.05. The van der Waals surface area contributed by atoms with Crippen LogP contribution in [-0.4, -0.2) is 37.4 Å². The molecule has 1 unspecified atom stereocenters. The standard InChI is InChI=1S/C11H11F6NO5S/c1-9(2)5-3-4-18(23-24(20,21)11(15,16)17)7(22-8(9)19)6(5)10(12,13)14/h3-7H,1-2H3/t5-,6?,7-/m0/s1. The van der Waals surface area contributed by atoms with Gasteiger partial charge in [0, 0.05) is 12.1 Å². The van der Waals surface area contributed by atoms with Crippen LogP contribution in [0.15, 0.2) is 12.3 Å². The Labute approximate surface area is 132 Å². The van der Waals surface area contributed by atoms with Gasteiger partial charge < -0.3 is 4.74 Å². The van der Waals surface area contributed by atoms with E-state index in [-0.39, 0.29) is 5.06 Å². The van der Waals surface area contributed by atoms with Gasteiger partial charge in [-0.2, -0.15) is 34.8 Å². The lowest BCUT2D eigenvalue weighted by molar-refractivity contribution is -0.300. The highest BCUT2D eigenvalue weighted by Gasteiger charge is 2.64. The zero-order chi connectivity index (χ0) is 18.7. The normalized spacial score (nSPS) is 30.2. The van der Waals surface area contributed by atoms with E-state index in [9.17, 15) is 39.6 Å². The molecule has 3 atom stereocenters. The maximum atomic E-state index is 13.3. The van der Waals surface area contributed by atoms with Crippen molar-refractivity contribution in [1.82, 2.24) is 5.06 Å². The van der Waals surface area contributed by atoms with Crippen LogP contribution in [0.3, 0.4) is 0 Å². The second-order valence-electron chi connectivity index (χ2n) is 5.79. The highest BCUT2D eigenvalue weighted by Crippen LogP contribution is 2.51. The van der Waals surface area contributed by atoms with E-state index in [4.69, 9.17) is 0 Å². The molecular weight excluding hydrogens is 372 g/mol. The number of fused-ring (bicyclic) bond motifs is 2. The van der Waals surface area contributed by atoms with Crippen molar-refractivity contribution in [2.75, 3.05) is 0 Å². The van der Waals surface area contributed by atoms with Crippen molar-refractivity contribution in [1.29, 1.82) is 0 Å². The molecule has 1 fully saturated rings. The molecule has 0 radical (unpaired) electrons. The second-order valence-corrected chi connectivity index (χ2v) is 7.31. The van der Waals surface area contributed by atoms with Gasteiger partial charge in [-0.25, -0.2) is 5.06 Å². The summed E-state index contributed by atoms with van der Waals surface area (Å²) in [4.78, 5) is 11.8. The predicted octanol–water partition coefficient (Wildman–Crippen LogP) is 2.30. The molecule has 2 bridgehead atoms. The Balaban J connectivity index is 2.45. The fraction of sp³-hybridized carbons (Fsp3) is 0.727. The molecule has 138 valence electrons. The highest BCUT2D eigenvalue weighted by atomic mass is 32.2. The monoisotopic (exact) mass is 383 g/mol. The fourth-order valence-corrected chi connectivity index (χ4v) is 2.96. The van der Waals surface area contributed by atoms with E-state index in [1.807, 2.05) is 0 Å². The van der Waals surface area contributed by atoms with Crippen molar-refractivity contribution < 1.29 is 48.6 Å². The van der Waals surface area contributed by atoms with Gasteiger partial charge >= 0.3 is 27.8 Å². The Hall–Kier alpha value is -1.50. The van der Waals surface area contributed by atoms with Crippen molar-refractivity contribution in [2.45, 2.75) is 31.8 Å². The molecule has 0 aromatic carbocycles. The number of hydrogen-bond acceptors (Lipinski definition) is 6. The Morgan fingerprint density at radius 2 is 1.75 bits per heavy atom. The molecule has 24 heavy (non-hydrogen) atoms. The van der Waals surface area contributed by atoms with Crippen LogP contribution in [0, 0.1) is 17.3 Å². The Morgan fingerprint density at radius 1 is 1.21 bits per heavy atom. The number of hydroxylamine groups is 2. The number of ether oxygens (including phenoxy) is 1. The SMILES string of the molecule is CC1(C)C(=O)O[C@H]2C(C(F)(F)F)[C@@H]1C=CN2OS(=O)(=O)C(F)(F)F. The molecule has 2 aliphatic heterocycles. The van der Waals surface area contributed by atoms with Gasteiger partial charge in [-0.3, -0.25) is 4.79 Å². The Morgan fingerprint density at radius 3 is 2.21 bits per heavy atom. The van der Waals surface area contributed by atoms with Gasteiger partial charge in [0.2, 0.25) is 6.23 Å². The molecule has 0 aliphatic carbocycles. The lowest BCUT2D eigenvalue weighted by atomic mass is 9.68. The van der Waals surface area contributed by atoms with Crippen LogP contribution in [0.5, 0.6) is 0 Å². The zero-order valence-corrected chi connectivity index (χ0v) is 12.9. The predicted molar refractivity (Wildman–Crippen MR) is 63.7 cm³/mol. The second kappa shape index (κ2) is 5.25. The van der Waals surface area contributed by atoms with Gasteiger partial charge in [0.25, 0.3) is 0 Å². The molecule has 0 amide bonds. The first-order valence-corrected chi connectivity index (χ1v) is 7.75. The molecule has 0 N–H and O–H groups in total. The maximum absolute atomic E-state index is 13.3. The number of esters is 1. The number of halogens is 6. The first-order valence-electron chi connectivity index (χ1n) is 6.34. The third-order valence-corrected chi connectivity index (χ3v) is 4.75. The average molecular weight is 383 g/mol. The lowest BCUT2D eigenvalue weighted by Crippen LogP contribution is -2.61. The topological polar surface area (TPSA) is 72.9 Å². The molecule has 1 saturated heterocycles. The molecule has 0 aromatic heterocycles. The summed E-state index contributed by atoms with van der Waals surface area (Å²) >= 11 is 0. The molecule has 2 heterocycles. The first-order chi connectivity index (χ1) is 10.6. The van der Waals surface area contributed by atoms with Gasteiger partial charge in [0.15, 0.2) is 0 Å². The number of carbonyl (C=O) groups excluding carboxylic acids is 1. The summed E-state index contributed by atoms with van der Waals surface area (Å²) in [5.41, 5.74) is -7.47. The van der Waals surface area contributed by atoms with E-state index in [2.05, 4.69) is 9.02 Å². The van der Waals surface area contributed by atoms with Gasteiger partial charge in [0.05, 0.1) is 5.41 Å². The van der Waals surface area contributed by atoms with Gasteiger partial charge in [-0.15, -0.1) is 4.28 Å². The summed E-state index contributed by atoms with van der Waals surface area (Å²) in [6.07, 6.45) is -6.02. The van der Waals surface area contributed by atoms with Crippen molar-refractivity contribution >= 4 is 16.1 Å². The van der Waals surface area contributed by atoms with Crippen LogP contribution in [0.25, 0.3) is 0 Å². The van der Waals surface area contributed by atoms with Gasteiger partial charge in [-0.05, 0) is 13.8 Å². The minimum absolute atomic E-state index is 0.259. The number of carbonyl (C=O) groups is 1. The van der Waals surface area contributed by atoms with E-state index in [1.165, 1.54) is 13.8 Å². The van der Waals surface area contributed by atoms with E-state index < -0.39 is 51.3 Å². The number of allylic oxidation sites excluding steroid dienone is 1. The summed E-state index contributed by atoms with van der Waals surface area (Å²) in [5, 5.41) is -0.259. The Bertz CT molecular complexity index is 667. The van der Waals surface area contributed by atoms with Crippen molar-refractivity contribution in [3.63, 3.8) is 0 Å². The number of nitrogens with zero attached hydrogens (tertiary/aromatic N) is 1. The Kier molecular flexibility index (Phi) is 4.12. The van der Waals surface area contributed by atoms with E-state index in [0.717, 1.165) is 6.08 Å². The third-order valence-electron chi connectivity index (χ3n) is 3.82. The van der Waals surface area contributed by atoms with Crippen LogP contribution < -0.4 is 0 Å². The molecular formula is C11H11F6NO5S. The lowest BCUT2D eigenvalue weighted by Gasteiger charge is -2.49. The fourth-order valence-electron chi connectivity index (χ4n) is 2.52. The van der Waals surface area contributed by atoms with Crippen molar-refractivity contribution in [3.05, 3.63) is 12.3 Å². The molecule has 0 saturated carbocycles. The van der Waals surface area contributed by atoms with Crippen molar-refractivity contribution in [3.8, 4) is 0 Å². The molecule has 2 aliphatic rings. The highest BCUT2D eigenvalue weighted by molar-refractivity contribution is 7.87. The van der Waals surface area contributed by atoms with Crippen molar-refractivity contribution in [2.24, 2.45) is 17.3 Å². The molecule has 0 aromatic rings. The summed E-state index contributed by atoms with van der Waals surface area (Å²) in [7, 11) is -6.23. The molecule has 13 heteroatoms. The summed E-state index contributed by atoms with van der Waals surface area (Å²) in [6, 6.07) is 0. The van der Waals surface area contributed by atoms with Crippen LogP contribution in [0.4, 0.5) is 26.3 Å². The van der Waals surface area contributed by atoms with Crippen LogP contribution in [0.2, 0.25) is 0 Å². The third kappa shape index (κ3) is 2.94. The zero-order valence-electron chi connectivity index (χ0n) is 12.1. The van der Waals surface area contributed by atoms with Crippen LogP contribution in [0.1, 0.15) is 13.8 Å². The summed E-state index contributed by atoms with van der Waals surface area (Å²) in [6.45, 7) is 2.37. The smallest absolute Gasteiger partial charge is 0.438 e. The van der Waals surface area contributed by atoms with E-state index in [1.54, 1.807) is 0 Å². The molecule has 0 spiro atoms. The van der Waals surface area contributed by atoms with Gasteiger partial charge in [-0.1, -0.05) is 6.08 Å². The maximum Gasteiger partial charge on any atom is 0.525 e. The first kappa shape index (κ1) is 18.8. The average Bonchev–Trinajstić information content (AvgIpc) is 2.35. The van der Waals surface area contributed by atoms with Crippen LogP contribution >= 0.6 is 0 Å². The number of alkyl halides is 6.